The number of piperidine rings is 1. The highest BCUT2D eigenvalue weighted by molar-refractivity contribution is 5.38. The number of hydrogen-bond acceptors (Lipinski definition) is 6. The van der Waals surface area contributed by atoms with Gasteiger partial charge in [-0.05, 0) is 49.8 Å². The molecule has 1 spiro atoms. The highest BCUT2D eigenvalue weighted by Crippen LogP contribution is 2.42. The summed E-state index contributed by atoms with van der Waals surface area (Å²) in [7, 11) is 0. The van der Waals surface area contributed by atoms with Crippen molar-refractivity contribution in [2.24, 2.45) is 5.41 Å². The Labute approximate surface area is 148 Å². The summed E-state index contributed by atoms with van der Waals surface area (Å²) in [5.74, 6) is 1.65. The molecule has 6 heteroatoms. The van der Waals surface area contributed by atoms with Crippen LogP contribution in [0.25, 0.3) is 0 Å². The Kier molecular flexibility index (Phi) is 4.53. The molecular formula is C19H24N4O2. The van der Waals surface area contributed by atoms with E-state index in [1.807, 2.05) is 31.2 Å². The molecule has 4 rings (SSSR count). The average Bonchev–Trinajstić information content (AvgIpc) is 3.05. The molecule has 0 N–H and O–H groups in total. The van der Waals surface area contributed by atoms with Gasteiger partial charge < -0.3 is 14.4 Å². The quantitative estimate of drug-likeness (QED) is 0.853. The van der Waals surface area contributed by atoms with Gasteiger partial charge in [0.25, 0.3) is 0 Å². The average molecular weight is 340 g/mol. The number of aromatic nitrogens is 3. The number of rotatable bonds is 4. The van der Waals surface area contributed by atoms with Gasteiger partial charge in [-0.2, -0.15) is 5.10 Å². The van der Waals surface area contributed by atoms with Gasteiger partial charge in [-0.25, -0.2) is 4.98 Å². The van der Waals surface area contributed by atoms with E-state index >= 15 is 0 Å². The zero-order chi connectivity index (χ0) is 17.1. The van der Waals surface area contributed by atoms with Gasteiger partial charge in [0.05, 0.1) is 18.4 Å². The van der Waals surface area contributed by atoms with Crippen molar-refractivity contribution in [2.75, 3.05) is 31.2 Å². The fourth-order valence-electron chi connectivity index (χ4n) is 3.73. The molecule has 2 fully saturated rings. The van der Waals surface area contributed by atoms with E-state index in [9.17, 15) is 0 Å². The molecule has 1 atom stereocenters. The molecule has 0 amide bonds. The molecule has 1 unspecified atom stereocenters. The predicted octanol–water partition coefficient (Wildman–Crippen LogP) is 2.63. The van der Waals surface area contributed by atoms with E-state index in [-0.39, 0.29) is 11.5 Å². The topological polar surface area (TPSA) is 60.4 Å². The van der Waals surface area contributed by atoms with Crippen LogP contribution in [0.4, 0.5) is 5.82 Å². The van der Waals surface area contributed by atoms with Crippen LogP contribution in [0.5, 0.6) is 5.88 Å². The Bertz CT molecular complexity index is 684. The third kappa shape index (κ3) is 3.74. The molecule has 4 heterocycles. The Hall–Kier alpha value is -2.21. The summed E-state index contributed by atoms with van der Waals surface area (Å²) in [6.07, 6.45) is 5.22. The van der Waals surface area contributed by atoms with Crippen LogP contribution in [-0.4, -0.2) is 47.6 Å². The molecule has 2 aliphatic rings. The second kappa shape index (κ2) is 6.96. The Morgan fingerprint density at radius 2 is 2.08 bits per heavy atom. The molecule has 0 aliphatic carbocycles. The monoisotopic (exact) mass is 340 g/mol. The van der Waals surface area contributed by atoms with Gasteiger partial charge in [0.2, 0.25) is 5.88 Å². The number of hydrogen-bond donors (Lipinski definition) is 0. The standard InChI is InChI=1S/C19H24N4O2/c1-15-5-6-17(22-21-15)23-10-7-19(8-11-23)12-16(25-14-19)13-24-18-4-2-3-9-20-18/h2-6,9,16H,7-8,10-14H2,1H3. The first kappa shape index (κ1) is 16.3. The van der Waals surface area contributed by atoms with Crippen LogP contribution in [0, 0.1) is 12.3 Å². The number of ether oxygens (including phenoxy) is 2. The lowest BCUT2D eigenvalue weighted by Gasteiger charge is -2.38. The predicted molar refractivity (Wildman–Crippen MR) is 94.7 cm³/mol. The van der Waals surface area contributed by atoms with Crippen LogP contribution in [0.3, 0.4) is 0 Å². The van der Waals surface area contributed by atoms with Crippen molar-refractivity contribution in [2.45, 2.75) is 32.3 Å². The SMILES string of the molecule is Cc1ccc(N2CCC3(CC2)COC(COc2ccccn2)C3)nn1. The molecule has 2 aromatic rings. The minimum atomic E-state index is 0.160. The summed E-state index contributed by atoms with van der Waals surface area (Å²) < 4.78 is 11.8. The third-order valence-electron chi connectivity index (χ3n) is 5.27. The Balaban J connectivity index is 1.29. The van der Waals surface area contributed by atoms with E-state index in [0.717, 1.165) is 50.5 Å². The second-order valence-electron chi connectivity index (χ2n) is 7.14. The fraction of sp³-hybridized carbons (Fsp3) is 0.526. The summed E-state index contributed by atoms with van der Waals surface area (Å²) in [5, 5.41) is 8.48. The summed E-state index contributed by atoms with van der Waals surface area (Å²) in [4.78, 5) is 6.52. The molecule has 6 nitrogen and oxygen atoms in total. The lowest BCUT2D eigenvalue weighted by atomic mass is 9.76. The first-order valence-electron chi connectivity index (χ1n) is 8.93. The minimum absolute atomic E-state index is 0.160. The van der Waals surface area contributed by atoms with E-state index < -0.39 is 0 Å². The third-order valence-corrected chi connectivity index (χ3v) is 5.27. The molecule has 0 bridgehead atoms. The fourth-order valence-corrected chi connectivity index (χ4v) is 3.73. The molecule has 2 saturated heterocycles. The Morgan fingerprint density at radius 3 is 2.80 bits per heavy atom. The van der Waals surface area contributed by atoms with Crippen molar-refractivity contribution in [3.63, 3.8) is 0 Å². The molecule has 132 valence electrons. The van der Waals surface area contributed by atoms with Crippen LogP contribution in [0.1, 0.15) is 25.0 Å². The van der Waals surface area contributed by atoms with Crippen LogP contribution in [0.2, 0.25) is 0 Å². The van der Waals surface area contributed by atoms with E-state index in [1.165, 1.54) is 0 Å². The summed E-state index contributed by atoms with van der Waals surface area (Å²) in [5.41, 5.74) is 1.24. The minimum Gasteiger partial charge on any atom is -0.475 e. The van der Waals surface area contributed by atoms with Crippen LogP contribution in [-0.2, 0) is 4.74 Å². The number of nitrogens with zero attached hydrogens (tertiary/aromatic N) is 4. The van der Waals surface area contributed by atoms with Gasteiger partial charge in [0.1, 0.15) is 6.61 Å². The molecule has 0 aromatic carbocycles. The van der Waals surface area contributed by atoms with Gasteiger partial charge >= 0.3 is 0 Å². The second-order valence-corrected chi connectivity index (χ2v) is 7.14. The van der Waals surface area contributed by atoms with E-state index in [0.29, 0.717) is 12.5 Å². The van der Waals surface area contributed by atoms with Crippen molar-refractivity contribution >= 4 is 5.82 Å². The molecule has 0 saturated carbocycles. The van der Waals surface area contributed by atoms with Crippen LogP contribution in [0.15, 0.2) is 36.5 Å². The van der Waals surface area contributed by atoms with Gasteiger partial charge in [0.15, 0.2) is 5.82 Å². The zero-order valence-corrected chi connectivity index (χ0v) is 14.6. The lowest BCUT2D eigenvalue weighted by Crippen LogP contribution is -2.41. The maximum absolute atomic E-state index is 6.03. The maximum Gasteiger partial charge on any atom is 0.213 e. The summed E-state index contributed by atoms with van der Waals surface area (Å²) in [6, 6.07) is 9.79. The van der Waals surface area contributed by atoms with Crippen molar-refractivity contribution in [1.82, 2.24) is 15.2 Å². The molecule has 0 radical (unpaired) electrons. The van der Waals surface area contributed by atoms with E-state index in [1.54, 1.807) is 6.20 Å². The molecule has 2 aliphatic heterocycles. The van der Waals surface area contributed by atoms with Crippen molar-refractivity contribution in [1.29, 1.82) is 0 Å². The largest absolute Gasteiger partial charge is 0.475 e. The lowest BCUT2D eigenvalue weighted by molar-refractivity contribution is 0.0565. The highest BCUT2D eigenvalue weighted by Gasteiger charge is 2.42. The number of anilines is 1. The summed E-state index contributed by atoms with van der Waals surface area (Å²) in [6.45, 7) is 5.39. The van der Waals surface area contributed by atoms with Crippen LogP contribution < -0.4 is 9.64 Å². The number of pyridine rings is 1. The molecule has 2 aromatic heterocycles. The van der Waals surface area contributed by atoms with Gasteiger partial charge in [-0.15, -0.1) is 5.10 Å². The van der Waals surface area contributed by atoms with Gasteiger partial charge in [0, 0.05) is 25.4 Å². The first-order valence-corrected chi connectivity index (χ1v) is 8.93. The van der Waals surface area contributed by atoms with E-state index in [4.69, 9.17) is 9.47 Å². The van der Waals surface area contributed by atoms with Gasteiger partial charge in [-0.1, -0.05) is 6.07 Å². The van der Waals surface area contributed by atoms with Crippen molar-refractivity contribution in [3.8, 4) is 5.88 Å². The van der Waals surface area contributed by atoms with E-state index in [2.05, 4.69) is 26.1 Å². The first-order chi connectivity index (χ1) is 12.2. The zero-order valence-electron chi connectivity index (χ0n) is 14.6. The smallest absolute Gasteiger partial charge is 0.213 e. The van der Waals surface area contributed by atoms with Crippen molar-refractivity contribution < 1.29 is 9.47 Å². The van der Waals surface area contributed by atoms with Crippen molar-refractivity contribution in [3.05, 3.63) is 42.2 Å². The normalized spacial score (nSPS) is 22.3. The maximum atomic E-state index is 6.03. The number of aryl methyl sites for hydroxylation is 1. The highest BCUT2D eigenvalue weighted by atomic mass is 16.5. The molecule has 25 heavy (non-hydrogen) atoms. The molecular weight excluding hydrogens is 316 g/mol. The summed E-state index contributed by atoms with van der Waals surface area (Å²) >= 11 is 0. The van der Waals surface area contributed by atoms with Crippen LogP contribution >= 0.6 is 0 Å². The van der Waals surface area contributed by atoms with Gasteiger partial charge in [-0.3, -0.25) is 0 Å². The Morgan fingerprint density at radius 1 is 1.20 bits per heavy atom.